The Morgan fingerprint density at radius 3 is 2.83 bits per heavy atom. The van der Waals surface area contributed by atoms with E-state index in [1.54, 1.807) is 13.0 Å². The fourth-order valence-electron chi connectivity index (χ4n) is 2.51. The molecule has 0 aliphatic carbocycles. The summed E-state index contributed by atoms with van der Waals surface area (Å²) in [5.41, 5.74) is 0.534. The second kappa shape index (κ2) is 7.09. The highest BCUT2D eigenvalue weighted by Crippen LogP contribution is 2.31. The van der Waals surface area contributed by atoms with Crippen LogP contribution in [0.4, 0.5) is 4.39 Å². The van der Waals surface area contributed by atoms with Crippen LogP contribution < -0.4 is 14.8 Å². The number of para-hydroxylation sites is 2. The molecule has 1 aliphatic heterocycles. The molecule has 0 bridgehead atoms. The van der Waals surface area contributed by atoms with Gasteiger partial charge in [0.15, 0.2) is 11.5 Å². The van der Waals surface area contributed by atoms with Crippen molar-refractivity contribution < 1.29 is 18.7 Å². The van der Waals surface area contributed by atoms with Gasteiger partial charge < -0.3 is 14.8 Å². The number of rotatable bonds is 4. The van der Waals surface area contributed by atoms with Gasteiger partial charge in [0.1, 0.15) is 18.5 Å². The third kappa shape index (κ3) is 3.46. The van der Waals surface area contributed by atoms with Gasteiger partial charge >= 0.3 is 0 Å². The van der Waals surface area contributed by atoms with Crippen molar-refractivity contribution in [3.63, 3.8) is 0 Å². The fraction of sp³-hybridized carbons (Fsp3) is 0.278. The summed E-state index contributed by atoms with van der Waals surface area (Å²) >= 11 is 6.03. The molecule has 4 nitrogen and oxygen atoms in total. The summed E-state index contributed by atoms with van der Waals surface area (Å²) in [4.78, 5) is 12.2. The highest BCUT2D eigenvalue weighted by molar-refractivity contribution is 6.34. The van der Waals surface area contributed by atoms with Gasteiger partial charge in [-0.1, -0.05) is 29.8 Å². The molecule has 2 aromatic carbocycles. The molecule has 1 aliphatic rings. The van der Waals surface area contributed by atoms with Crippen LogP contribution in [0.1, 0.15) is 22.3 Å². The average molecular weight is 350 g/mol. The van der Waals surface area contributed by atoms with Crippen LogP contribution in [-0.4, -0.2) is 25.2 Å². The Labute approximate surface area is 144 Å². The number of aryl methyl sites for hydroxylation is 1. The zero-order chi connectivity index (χ0) is 17.1. The van der Waals surface area contributed by atoms with E-state index in [1.807, 2.05) is 24.3 Å². The van der Waals surface area contributed by atoms with Crippen molar-refractivity contribution in [1.82, 2.24) is 5.32 Å². The number of hydrogen-bond donors (Lipinski definition) is 1. The quantitative estimate of drug-likeness (QED) is 0.914. The van der Waals surface area contributed by atoms with Crippen LogP contribution in [-0.2, 0) is 0 Å². The minimum absolute atomic E-state index is 0.122. The number of nitrogens with one attached hydrogen (secondary N) is 1. The lowest BCUT2D eigenvalue weighted by Gasteiger charge is -2.26. The number of benzene rings is 2. The number of ether oxygens (including phenoxy) is 2. The zero-order valence-corrected chi connectivity index (χ0v) is 13.9. The Bertz CT molecular complexity index is 766. The summed E-state index contributed by atoms with van der Waals surface area (Å²) in [6.07, 6.45) is 0.378. The number of fused-ring (bicyclic) bond motifs is 1. The molecule has 0 aromatic heterocycles. The molecule has 0 saturated carbocycles. The predicted molar refractivity (Wildman–Crippen MR) is 89.5 cm³/mol. The highest BCUT2D eigenvalue weighted by atomic mass is 35.5. The maximum absolute atomic E-state index is 13.8. The maximum Gasteiger partial charge on any atom is 0.255 e. The van der Waals surface area contributed by atoms with Crippen LogP contribution in [0.5, 0.6) is 11.5 Å². The predicted octanol–water partition coefficient (Wildman–Crippen LogP) is 3.75. The molecule has 1 amide bonds. The van der Waals surface area contributed by atoms with Gasteiger partial charge in [-0.2, -0.15) is 0 Å². The van der Waals surface area contributed by atoms with Crippen molar-refractivity contribution in [2.24, 2.45) is 0 Å². The second-order valence-corrected chi connectivity index (χ2v) is 5.97. The van der Waals surface area contributed by atoms with Gasteiger partial charge in [0, 0.05) is 13.0 Å². The molecule has 0 radical (unpaired) electrons. The molecule has 126 valence electrons. The van der Waals surface area contributed by atoms with Crippen molar-refractivity contribution in [2.45, 2.75) is 19.4 Å². The van der Waals surface area contributed by atoms with E-state index in [9.17, 15) is 9.18 Å². The molecular formula is C18H17ClFNO3. The number of amides is 1. The lowest BCUT2D eigenvalue weighted by molar-refractivity contribution is 0.0811. The minimum atomic E-state index is -0.630. The first-order valence-corrected chi connectivity index (χ1v) is 8.05. The van der Waals surface area contributed by atoms with E-state index in [2.05, 4.69) is 5.32 Å². The van der Waals surface area contributed by atoms with Gasteiger partial charge in [-0.15, -0.1) is 0 Å². The van der Waals surface area contributed by atoms with Gasteiger partial charge in [-0.05, 0) is 30.7 Å². The van der Waals surface area contributed by atoms with Crippen LogP contribution in [0.2, 0.25) is 5.02 Å². The fourth-order valence-corrected chi connectivity index (χ4v) is 2.74. The van der Waals surface area contributed by atoms with Crippen molar-refractivity contribution in [3.8, 4) is 11.5 Å². The first kappa shape index (κ1) is 16.6. The average Bonchev–Trinajstić information content (AvgIpc) is 2.58. The third-order valence-corrected chi connectivity index (χ3v) is 4.32. The molecule has 1 N–H and O–H groups in total. The van der Waals surface area contributed by atoms with Gasteiger partial charge in [0.2, 0.25) is 0 Å². The SMILES string of the molecule is Cc1ccc(F)c(C(=O)NCC[C@@H]2COc3ccccc3O2)c1Cl. The molecule has 24 heavy (non-hydrogen) atoms. The third-order valence-electron chi connectivity index (χ3n) is 3.83. The Morgan fingerprint density at radius 1 is 1.29 bits per heavy atom. The molecule has 0 spiro atoms. The summed E-state index contributed by atoms with van der Waals surface area (Å²) in [5.74, 6) is 0.242. The van der Waals surface area contributed by atoms with Gasteiger partial charge in [0.25, 0.3) is 5.91 Å². The number of carbonyl (C=O) groups is 1. The van der Waals surface area contributed by atoms with E-state index in [4.69, 9.17) is 21.1 Å². The number of carbonyl (C=O) groups excluding carboxylic acids is 1. The van der Waals surface area contributed by atoms with E-state index in [1.165, 1.54) is 6.07 Å². The number of halogens is 2. The Kier molecular flexibility index (Phi) is 4.90. The Balaban J connectivity index is 1.56. The molecular weight excluding hydrogens is 333 g/mol. The van der Waals surface area contributed by atoms with Crippen LogP contribution in [0.15, 0.2) is 36.4 Å². The molecule has 3 rings (SSSR count). The summed E-state index contributed by atoms with van der Waals surface area (Å²) in [7, 11) is 0. The summed E-state index contributed by atoms with van der Waals surface area (Å²) in [6.45, 7) is 2.47. The largest absolute Gasteiger partial charge is 0.486 e. The summed E-state index contributed by atoms with van der Waals surface area (Å²) < 4.78 is 25.3. The van der Waals surface area contributed by atoms with Gasteiger partial charge in [-0.25, -0.2) is 4.39 Å². The molecule has 1 atom stereocenters. The van der Waals surface area contributed by atoms with Gasteiger partial charge in [-0.3, -0.25) is 4.79 Å². The first-order chi connectivity index (χ1) is 11.6. The van der Waals surface area contributed by atoms with Crippen molar-refractivity contribution in [2.75, 3.05) is 13.2 Å². The summed E-state index contributed by atoms with van der Waals surface area (Å²) in [5, 5.41) is 2.82. The van der Waals surface area contributed by atoms with E-state index < -0.39 is 11.7 Å². The maximum atomic E-state index is 13.8. The highest BCUT2D eigenvalue weighted by Gasteiger charge is 2.21. The number of hydrogen-bond acceptors (Lipinski definition) is 3. The van der Waals surface area contributed by atoms with E-state index in [0.717, 1.165) is 0 Å². The monoisotopic (exact) mass is 349 g/mol. The molecule has 6 heteroatoms. The summed E-state index contributed by atoms with van der Waals surface area (Å²) in [6, 6.07) is 10.2. The standard InChI is InChI=1S/C18H17ClFNO3/c1-11-6-7-13(20)16(17(11)19)18(22)21-9-8-12-10-23-14-4-2-3-5-15(14)24-12/h2-7,12H,8-10H2,1H3,(H,21,22)/t12-/m1/s1. The zero-order valence-electron chi connectivity index (χ0n) is 13.1. The molecule has 0 unspecified atom stereocenters. The topological polar surface area (TPSA) is 47.6 Å². The second-order valence-electron chi connectivity index (χ2n) is 5.60. The Morgan fingerprint density at radius 2 is 2.04 bits per heavy atom. The van der Waals surface area contributed by atoms with Crippen LogP contribution in [0.25, 0.3) is 0 Å². The lowest BCUT2D eigenvalue weighted by Crippen LogP contribution is -2.34. The first-order valence-electron chi connectivity index (χ1n) is 7.67. The Hall–Kier alpha value is -2.27. The van der Waals surface area contributed by atoms with Crippen molar-refractivity contribution in [3.05, 3.63) is 58.4 Å². The lowest BCUT2D eigenvalue weighted by atomic mass is 10.1. The van der Waals surface area contributed by atoms with Crippen LogP contribution in [0, 0.1) is 12.7 Å². The molecule has 2 aromatic rings. The minimum Gasteiger partial charge on any atom is -0.486 e. The van der Waals surface area contributed by atoms with Gasteiger partial charge in [0.05, 0.1) is 10.6 Å². The smallest absolute Gasteiger partial charge is 0.255 e. The van der Waals surface area contributed by atoms with E-state index >= 15 is 0 Å². The van der Waals surface area contributed by atoms with E-state index in [0.29, 0.717) is 36.6 Å². The molecule has 0 saturated heterocycles. The van der Waals surface area contributed by atoms with Crippen molar-refractivity contribution in [1.29, 1.82) is 0 Å². The van der Waals surface area contributed by atoms with E-state index in [-0.39, 0.29) is 16.7 Å². The molecule has 1 heterocycles. The molecule has 0 fully saturated rings. The van der Waals surface area contributed by atoms with Crippen LogP contribution >= 0.6 is 11.6 Å². The normalized spacial score (nSPS) is 15.9. The van der Waals surface area contributed by atoms with Crippen molar-refractivity contribution >= 4 is 17.5 Å². The van der Waals surface area contributed by atoms with Crippen LogP contribution in [0.3, 0.4) is 0 Å².